The van der Waals surface area contributed by atoms with Crippen molar-refractivity contribution in [3.8, 4) is 5.75 Å². The molecule has 0 radical (unpaired) electrons. The van der Waals surface area contributed by atoms with Crippen LogP contribution in [0.2, 0.25) is 0 Å². The predicted molar refractivity (Wildman–Crippen MR) is 70.3 cm³/mol. The fraction of sp³-hybridized carbons (Fsp3) is 0.286. The average Bonchev–Trinajstić information content (AvgIpc) is 2.83. The molecule has 17 heavy (non-hydrogen) atoms. The van der Waals surface area contributed by atoms with E-state index in [9.17, 15) is 0 Å². The second-order valence-corrected chi connectivity index (χ2v) is 4.27. The SMILES string of the molecule is COc1cccc2c(C3=CCNCC3)c[nH]c12. The molecule has 0 atom stereocenters. The maximum absolute atomic E-state index is 5.37. The van der Waals surface area contributed by atoms with Crippen molar-refractivity contribution in [1.29, 1.82) is 0 Å². The van der Waals surface area contributed by atoms with Gasteiger partial charge in [0.1, 0.15) is 5.75 Å². The van der Waals surface area contributed by atoms with E-state index in [2.05, 4.69) is 28.6 Å². The van der Waals surface area contributed by atoms with Crippen molar-refractivity contribution in [3.63, 3.8) is 0 Å². The van der Waals surface area contributed by atoms with Gasteiger partial charge in [-0.1, -0.05) is 18.2 Å². The highest BCUT2D eigenvalue weighted by Crippen LogP contribution is 2.32. The summed E-state index contributed by atoms with van der Waals surface area (Å²) < 4.78 is 5.37. The minimum Gasteiger partial charge on any atom is -0.495 e. The average molecular weight is 228 g/mol. The molecule has 1 aromatic carbocycles. The molecule has 1 aromatic heterocycles. The Morgan fingerprint density at radius 2 is 2.24 bits per heavy atom. The molecule has 0 saturated carbocycles. The van der Waals surface area contributed by atoms with Crippen LogP contribution >= 0.6 is 0 Å². The molecule has 2 N–H and O–H groups in total. The number of nitrogens with one attached hydrogen (secondary N) is 2. The molecule has 1 aliphatic rings. The third-order valence-corrected chi connectivity index (χ3v) is 3.31. The van der Waals surface area contributed by atoms with Gasteiger partial charge < -0.3 is 15.0 Å². The first-order valence-corrected chi connectivity index (χ1v) is 5.94. The van der Waals surface area contributed by atoms with E-state index in [1.54, 1.807) is 7.11 Å². The van der Waals surface area contributed by atoms with Gasteiger partial charge in [-0.15, -0.1) is 0 Å². The van der Waals surface area contributed by atoms with Crippen LogP contribution in [0.4, 0.5) is 0 Å². The van der Waals surface area contributed by atoms with Gasteiger partial charge in [-0.05, 0) is 24.6 Å². The van der Waals surface area contributed by atoms with Gasteiger partial charge in [0.25, 0.3) is 0 Å². The summed E-state index contributed by atoms with van der Waals surface area (Å²) in [6, 6.07) is 6.17. The number of para-hydroxylation sites is 1. The third-order valence-electron chi connectivity index (χ3n) is 3.31. The van der Waals surface area contributed by atoms with Crippen LogP contribution in [0.15, 0.2) is 30.5 Å². The van der Waals surface area contributed by atoms with E-state index in [4.69, 9.17) is 4.74 Å². The first-order chi connectivity index (χ1) is 8.40. The summed E-state index contributed by atoms with van der Waals surface area (Å²) in [5, 5.41) is 4.58. The molecule has 1 aliphatic heterocycles. The quantitative estimate of drug-likeness (QED) is 0.829. The zero-order valence-corrected chi connectivity index (χ0v) is 9.92. The van der Waals surface area contributed by atoms with E-state index in [0.717, 1.165) is 30.8 Å². The summed E-state index contributed by atoms with van der Waals surface area (Å²) in [6.45, 7) is 2.02. The van der Waals surface area contributed by atoms with Gasteiger partial charge in [0.2, 0.25) is 0 Å². The van der Waals surface area contributed by atoms with Crippen molar-refractivity contribution in [1.82, 2.24) is 10.3 Å². The number of hydrogen-bond donors (Lipinski definition) is 2. The van der Waals surface area contributed by atoms with Crippen LogP contribution in [-0.2, 0) is 0 Å². The van der Waals surface area contributed by atoms with Gasteiger partial charge in [0, 0.05) is 23.7 Å². The maximum Gasteiger partial charge on any atom is 0.142 e. The Bertz CT molecular complexity index is 569. The number of benzene rings is 1. The van der Waals surface area contributed by atoms with Crippen LogP contribution in [-0.4, -0.2) is 25.2 Å². The van der Waals surface area contributed by atoms with Crippen molar-refractivity contribution in [2.24, 2.45) is 0 Å². The van der Waals surface area contributed by atoms with Crippen LogP contribution in [0, 0.1) is 0 Å². The molecule has 0 amide bonds. The van der Waals surface area contributed by atoms with Crippen LogP contribution in [0.25, 0.3) is 16.5 Å². The Kier molecular flexibility index (Phi) is 2.61. The number of ether oxygens (including phenoxy) is 1. The van der Waals surface area contributed by atoms with Crippen molar-refractivity contribution in [3.05, 3.63) is 36.0 Å². The fourth-order valence-electron chi connectivity index (χ4n) is 2.43. The Morgan fingerprint density at radius 3 is 3.00 bits per heavy atom. The molecule has 0 aliphatic carbocycles. The summed E-state index contributed by atoms with van der Waals surface area (Å²) >= 11 is 0. The lowest BCUT2D eigenvalue weighted by Crippen LogP contribution is -2.19. The largest absolute Gasteiger partial charge is 0.495 e. The number of rotatable bonds is 2. The van der Waals surface area contributed by atoms with Crippen LogP contribution < -0.4 is 10.1 Å². The number of methoxy groups -OCH3 is 1. The summed E-state index contributed by atoms with van der Waals surface area (Å²) in [5.74, 6) is 0.906. The molecule has 3 rings (SSSR count). The van der Waals surface area contributed by atoms with Crippen LogP contribution in [0.3, 0.4) is 0 Å². The first-order valence-electron chi connectivity index (χ1n) is 5.94. The van der Waals surface area contributed by atoms with Gasteiger partial charge >= 0.3 is 0 Å². The van der Waals surface area contributed by atoms with Crippen molar-refractivity contribution < 1.29 is 4.74 Å². The van der Waals surface area contributed by atoms with Crippen molar-refractivity contribution >= 4 is 16.5 Å². The Labute approximate surface area is 100 Å². The lowest BCUT2D eigenvalue weighted by molar-refractivity contribution is 0.419. The van der Waals surface area contributed by atoms with Gasteiger partial charge in [-0.25, -0.2) is 0 Å². The topological polar surface area (TPSA) is 37.0 Å². The molecule has 88 valence electrons. The highest BCUT2D eigenvalue weighted by Gasteiger charge is 2.12. The molecule has 0 unspecified atom stereocenters. The Balaban J connectivity index is 2.15. The molecule has 0 fully saturated rings. The summed E-state index contributed by atoms with van der Waals surface area (Å²) in [7, 11) is 1.71. The molecule has 0 bridgehead atoms. The lowest BCUT2D eigenvalue weighted by Gasteiger charge is -2.13. The monoisotopic (exact) mass is 228 g/mol. The summed E-state index contributed by atoms with van der Waals surface area (Å²) in [4.78, 5) is 3.32. The predicted octanol–water partition coefficient (Wildman–Crippen LogP) is 2.55. The normalized spacial score (nSPS) is 15.9. The molecule has 0 spiro atoms. The molecule has 3 nitrogen and oxygen atoms in total. The number of aromatic amines is 1. The molecule has 3 heteroatoms. The highest BCUT2D eigenvalue weighted by atomic mass is 16.5. The van der Waals surface area contributed by atoms with Gasteiger partial charge in [-0.3, -0.25) is 0 Å². The number of hydrogen-bond acceptors (Lipinski definition) is 2. The first kappa shape index (κ1) is 10.4. The highest BCUT2D eigenvalue weighted by molar-refractivity contribution is 5.95. The van der Waals surface area contributed by atoms with E-state index < -0.39 is 0 Å². The van der Waals surface area contributed by atoms with Crippen LogP contribution in [0.5, 0.6) is 5.75 Å². The molecule has 2 heterocycles. The molecule has 2 aromatic rings. The molecular formula is C14H16N2O. The third kappa shape index (κ3) is 1.72. The van der Waals surface area contributed by atoms with Crippen molar-refractivity contribution in [2.45, 2.75) is 6.42 Å². The smallest absolute Gasteiger partial charge is 0.142 e. The number of aromatic nitrogens is 1. The second-order valence-electron chi connectivity index (χ2n) is 4.27. The summed E-state index contributed by atoms with van der Waals surface area (Å²) in [6.07, 6.45) is 5.44. The van der Waals surface area contributed by atoms with Gasteiger partial charge in [-0.2, -0.15) is 0 Å². The van der Waals surface area contributed by atoms with Crippen LogP contribution in [0.1, 0.15) is 12.0 Å². The second kappa shape index (κ2) is 4.26. The molecular weight excluding hydrogens is 212 g/mol. The van der Waals surface area contributed by atoms with E-state index in [0.29, 0.717) is 0 Å². The van der Waals surface area contributed by atoms with E-state index >= 15 is 0 Å². The summed E-state index contributed by atoms with van der Waals surface area (Å²) in [5.41, 5.74) is 3.81. The fourth-order valence-corrected chi connectivity index (χ4v) is 2.43. The minimum atomic E-state index is 0.906. The van der Waals surface area contributed by atoms with E-state index in [1.165, 1.54) is 16.5 Å². The van der Waals surface area contributed by atoms with E-state index in [1.807, 2.05) is 12.1 Å². The van der Waals surface area contributed by atoms with Crippen molar-refractivity contribution in [2.75, 3.05) is 20.2 Å². The lowest BCUT2D eigenvalue weighted by atomic mass is 10.00. The van der Waals surface area contributed by atoms with E-state index in [-0.39, 0.29) is 0 Å². The number of H-pyrrole nitrogens is 1. The van der Waals surface area contributed by atoms with Gasteiger partial charge in [0.15, 0.2) is 0 Å². The number of fused-ring (bicyclic) bond motifs is 1. The Hall–Kier alpha value is -1.74. The zero-order chi connectivity index (χ0) is 11.7. The van der Waals surface area contributed by atoms with Gasteiger partial charge in [0.05, 0.1) is 12.6 Å². The Morgan fingerprint density at radius 1 is 1.29 bits per heavy atom. The zero-order valence-electron chi connectivity index (χ0n) is 9.92. The molecule has 0 saturated heterocycles. The minimum absolute atomic E-state index is 0.906. The maximum atomic E-state index is 5.37. The standard InChI is InChI=1S/C14H16N2O/c1-17-13-4-2-3-11-12(9-16-14(11)13)10-5-7-15-8-6-10/h2-5,9,15-16H,6-8H2,1H3.